The van der Waals surface area contributed by atoms with Crippen molar-refractivity contribution in [2.24, 2.45) is 0 Å². The summed E-state index contributed by atoms with van der Waals surface area (Å²) in [5.74, 6) is 1.17. The van der Waals surface area contributed by atoms with Crippen LogP contribution >= 0.6 is 27.7 Å². The highest BCUT2D eigenvalue weighted by atomic mass is 79.9. The van der Waals surface area contributed by atoms with Gasteiger partial charge < -0.3 is 10.6 Å². The molecule has 1 aromatic carbocycles. The third kappa shape index (κ3) is 2.66. The zero-order chi connectivity index (χ0) is 11.8. The summed E-state index contributed by atoms with van der Waals surface area (Å²) in [4.78, 5) is 2.39. The summed E-state index contributed by atoms with van der Waals surface area (Å²) < 4.78 is 1.36. The standard InChI is InChI=1S/C12H17BrN2S/c1-12(2)8-15(5-6-16-12)11-4-3-9(13)7-10(11)14/h3-4,7H,5-6,8,14H2,1-2H3. The van der Waals surface area contributed by atoms with Crippen LogP contribution in [0.15, 0.2) is 22.7 Å². The summed E-state index contributed by atoms with van der Waals surface area (Å²) >= 11 is 5.48. The van der Waals surface area contributed by atoms with Crippen LogP contribution < -0.4 is 10.6 Å². The first kappa shape index (κ1) is 12.1. The second-order valence-corrected chi connectivity index (χ2v) is 7.45. The first-order valence-corrected chi connectivity index (χ1v) is 7.20. The van der Waals surface area contributed by atoms with Crippen LogP contribution in [-0.2, 0) is 0 Å². The summed E-state index contributed by atoms with van der Waals surface area (Å²) in [6, 6.07) is 6.13. The fraction of sp³-hybridized carbons (Fsp3) is 0.500. The molecule has 1 saturated heterocycles. The van der Waals surface area contributed by atoms with Crippen molar-refractivity contribution in [2.45, 2.75) is 18.6 Å². The van der Waals surface area contributed by atoms with Crippen molar-refractivity contribution < 1.29 is 0 Å². The van der Waals surface area contributed by atoms with E-state index >= 15 is 0 Å². The smallest absolute Gasteiger partial charge is 0.0601 e. The normalized spacial score (nSPS) is 19.8. The summed E-state index contributed by atoms with van der Waals surface area (Å²) in [6.07, 6.45) is 0. The second kappa shape index (κ2) is 4.49. The van der Waals surface area contributed by atoms with E-state index in [1.165, 1.54) is 5.75 Å². The molecule has 4 heteroatoms. The number of halogens is 1. The number of nitrogens with two attached hydrogens (primary N) is 1. The Labute approximate surface area is 110 Å². The van der Waals surface area contributed by atoms with E-state index in [1.807, 2.05) is 17.8 Å². The van der Waals surface area contributed by atoms with E-state index in [1.54, 1.807) is 0 Å². The number of rotatable bonds is 1. The largest absolute Gasteiger partial charge is 0.397 e. The molecule has 0 unspecified atom stereocenters. The van der Waals surface area contributed by atoms with Crippen LogP contribution in [0.5, 0.6) is 0 Å². The lowest BCUT2D eigenvalue weighted by molar-refractivity contribution is 0.648. The number of benzene rings is 1. The van der Waals surface area contributed by atoms with Crippen LogP contribution in [0, 0.1) is 0 Å². The van der Waals surface area contributed by atoms with Crippen LogP contribution in [-0.4, -0.2) is 23.6 Å². The molecule has 1 heterocycles. The fourth-order valence-electron chi connectivity index (χ4n) is 2.04. The monoisotopic (exact) mass is 300 g/mol. The van der Waals surface area contributed by atoms with E-state index in [0.29, 0.717) is 4.75 Å². The first-order chi connectivity index (χ1) is 7.48. The summed E-state index contributed by atoms with van der Waals surface area (Å²) in [6.45, 7) is 6.72. The molecule has 1 aromatic rings. The molecule has 2 rings (SSSR count). The highest BCUT2D eigenvalue weighted by molar-refractivity contribution is 9.10. The van der Waals surface area contributed by atoms with Gasteiger partial charge in [-0.25, -0.2) is 0 Å². The molecular weight excluding hydrogens is 284 g/mol. The third-order valence-electron chi connectivity index (χ3n) is 2.76. The van der Waals surface area contributed by atoms with Crippen molar-refractivity contribution >= 4 is 39.1 Å². The van der Waals surface area contributed by atoms with E-state index in [4.69, 9.17) is 5.73 Å². The van der Waals surface area contributed by atoms with E-state index in [2.05, 4.69) is 46.8 Å². The minimum Gasteiger partial charge on any atom is -0.397 e. The predicted molar refractivity (Wildman–Crippen MR) is 77.3 cm³/mol. The quantitative estimate of drug-likeness (QED) is 0.807. The van der Waals surface area contributed by atoms with Crippen molar-refractivity contribution in [1.82, 2.24) is 0 Å². The van der Waals surface area contributed by atoms with Crippen LogP contribution in [0.25, 0.3) is 0 Å². The molecule has 1 fully saturated rings. The Morgan fingerprint density at radius 2 is 2.19 bits per heavy atom. The van der Waals surface area contributed by atoms with Gasteiger partial charge in [0, 0.05) is 28.1 Å². The molecule has 0 spiro atoms. The van der Waals surface area contributed by atoms with E-state index in [9.17, 15) is 0 Å². The van der Waals surface area contributed by atoms with Gasteiger partial charge in [-0.3, -0.25) is 0 Å². The lowest BCUT2D eigenvalue weighted by atomic mass is 10.1. The number of hydrogen-bond donors (Lipinski definition) is 1. The molecule has 0 saturated carbocycles. The molecule has 0 bridgehead atoms. The van der Waals surface area contributed by atoms with Gasteiger partial charge in [-0.15, -0.1) is 0 Å². The number of anilines is 2. The number of nitrogen functional groups attached to an aromatic ring is 1. The topological polar surface area (TPSA) is 29.3 Å². The van der Waals surface area contributed by atoms with Gasteiger partial charge in [-0.05, 0) is 32.0 Å². The van der Waals surface area contributed by atoms with Gasteiger partial charge in [0.25, 0.3) is 0 Å². The van der Waals surface area contributed by atoms with E-state index < -0.39 is 0 Å². The maximum atomic E-state index is 6.06. The molecule has 0 aromatic heterocycles. The molecular formula is C12H17BrN2S. The van der Waals surface area contributed by atoms with Gasteiger partial charge in [0.1, 0.15) is 0 Å². The Hall–Kier alpha value is -0.350. The minimum absolute atomic E-state index is 0.317. The van der Waals surface area contributed by atoms with Crippen molar-refractivity contribution in [2.75, 3.05) is 29.5 Å². The summed E-state index contributed by atoms with van der Waals surface area (Å²) in [5.41, 5.74) is 8.08. The Bertz CT molecular complexity index is 393. The second-order valence-electron chi connectivity index (χ2n) is 4.73. The maximum Gasteiger partial charge on any atom is 0.0601 e. The van der Waals surface area contributed by atoms with E-state index in [-0.39, 0.29) is 0 Å². The average molecular weight is 301 g/mol. The van der Waals surface area contributed by atoms with Gasteiger partial charge in [0.2, 0.25) is 0 Å². The molecule has 0 atom stereocenters. The number of thioether (sulfide) groups is 1. The highest BCUT2D eigenvalue weighted by Gasteiger charge is 2.27. The zero-order valence-electron chi connectivity index (χ0n) is 9.66. The van der Waals surface area contributed by atoms with Crippen LogP contribution in [0.2, 0.25) is 0 Å². The maximum absolute atomic E-state index is 6.06. The lowest BCUT2D eigenvalue weighted by Crippen LogP contribution is -2.43. The van der Waals surface area contributed by atoms with Gasteiger partial charge in [0.05, 0.1) is 11.4 Å². The Kier molecular flexibility index (Phi) is 3.40. The highest BCUT2D eigenvalue weighted by Crippen LogP contribution is 2.35. The summed E-state index contributed by atoms with van der Waals surface area (Å²) in [7, 11) is 0. The Morgan fingerprint density at radius 1 is 1.44 bits per heavy atom. The molecule has 16 heavy (non-hydrogen) atoms. The van der Waals surface area contributed by atoms with Crippen molar-refractivity contribution in [1.29, 1.82) is 0 Å². The third-order valence-corrected chi connectivity index (χ3v) is 4.55. The molecule has 0 amide bonds. The number of nitrogens with zero attached hydrogens (tertiary/aromatic N) is 1. The average Bonchev–Trinajstić information content (AvgIpc) is 2.15. The fourth-order valence-corrected chi connectivity index (χ4v) is 3.53. The van der Waals surface area contributed by atoms with Crippen molar-refractivity contribution in [3.63, 3.8) is 0 Å². The first-order valence-electron chi connectivity index (χ1n) is 5.42. The molecule has 2 N–H and O–H groups in total. The van der Waals surface area contributed by atoms with Gasteiger partial charge in [-0.1, -0.05) is 15.9 Å². The number of hydrogen-bond acceptors (Lipinski definition) is 3. The summed E-state index contributed by atoms with van der Waals surface area (Å²) in [5, 5.41) is 0. The molecule has 0 aliphatic carbocycles. The molecule has 88 valence electrons. The van der Waals surface area contributed by atoms with Gasteiger partial charge >= 0.3 is 0 Å². The molecule has 2 nitrogen and oxygen atoms in total. The van der Waals surface area contributed by atoms with E-state index in [0.717, 1.165) is 28.9 Å². The zero-order valence-corrected chi connectivity index (χ0v) is 12.1. The molecule has 1 aliphatic rings. The van der Waals surface area contributed by atoms with Crippen LogP contribution in [0.4, 0.5) is 11.4 Å². The van der Waals surface area contributed by atoms with Crippen molar-refractivity contribution in [3.8, 4) is 0 Å². The van der Waals surface area contributed by atoms with Gasteiger partial charge in [0.15, 0.2) is 0 Å². The van der Waals surface area contributed by atoms with Gasteiger partial charge in [-0.2, -0.15) is 11.8 Å². The lowest BCUT2D eigenvalue weighted by Gasteiger charge is -2.39. The Balaban J connectivity index is 2.23. The molecule has 0 radical (unpaired) electrons. The van der Waals surface area contributed by atoms with Crippen LogP contribution in [0.3, 0.4) is 0 Å². The molecule has 1 aliphatic heterocycles. The SMILES string of the molecule is CC1(C)CN(c2ccc(Br)cc2N)CCS1. The van der Waals surface area contributed by atoms with Crippen LogP contribution in [0.1, 0.15) is 13.8 Å². The minimum atomic E-state index is 0.317. The van der Waals surface area contributed by atoms with Crippen molar-refractivity contribution in [3.05, 3.63) is 22.7 Å². The Morgan fingerprint density at radius 3 is 2.81 bits per heavy atom. The predicted octanol–water partition coefficient (Wildman–Crippen LogP) is 3.36.